The van der Waals surface area contributed by atoms with E-state index in [1.54, 1.807) is 24.5 Å². The topological polar surface area (TPSA) is 93.6 Å². The Morgan fingerprint density at radius 3 is 2.76 bits per heavy atom. The zero-order chi connectivity index (χ0) is 23.9. The molecule has 176 valence electrons. The van der Waals surface area contributed by atoms with Crippen LogP contribution < -0.4 is 14.8 Å². The number of benzene rings is 2. The number of fused-ring (bicyclic) bond motifs is 1. The third kappa shape index (κ3) is 5.63. The third-order valence-electron chi connectivity index (χ3n) is 5.39. The van der Waals surface area contributed by atoms with Crippen molar-refractivity contribution in [1.29, 1.82) is 0 Å². The highest BCUT2D eigenvalue weighted by Gasteiger charge is 2.12. The first-order valence-corrected chi connectivity index (χ1v) is 12.0. The van der Waals surface area contributed by atoms with Gasteiger partial charge in [-0.25, -0.2) is 9.97 Å². The van der Waals surface area contributed by atoms with E-state index >= 15 is 0 Å². The average Bonchev–Trinajstić information content (AvgIpc) is 3.30. The maximum Gasteiger partial charge on any atom is 0.307 e. The molecule has 0 saturated heterocycles. The van der Waals surface area contributed by atoms with Crippen LogP contribution in [0.15, 0.2) is 54.2 Å². The molecule has 0 aliphatic carbocycles. The molecule has 0 unspecified atom stereocenters. The number of anilines is 1. The molecule has 2 heterocycles. The van der Waals surface area contributed by atoms with Crippen LogP contribution in [-0.4, -0.2) is 41.3 Å². The van der Waals surface area contributed by atoms with Gasteiger partial charge in [-0.3, -0.25) is 4.79 Å². The molecule has 34 heavy (non-hydrogen) atoms. The SMILES string of the molecule is CCCOc1cc(-c2cc(NCCc3cc4ccsc4cc3OC)ncn2)ccc1CC(=O)O. The highest BCUT2D eigenvalue weighted by Crippen LogP contribution is 2.30. The van der Waals surface area contributed by atoms with E-state index in [-0.39, 0.29) is 6.42 Å². The largest absolute Gasteiger partial charge is 0.496 e. The van der Waals surface area contributed by atoms with Crippen LogP contribution in [-0.2, 0) is 17.6 Å². The van der Waals surface area contributed by atoms with Crippen molar-refractivity contribution in [2.75, 3.05) is 25.6 Å². The summed E-state index contributed by atoms with van der Waals surface area (Å²) >= 11 is 1.70. The molecule has 2 aromatic heterocycles. The Morgan fingerprint density at radius 2 is 1.97 bits per heavy atom. The highest BCUT2D eigenvalue weighted by molar-refractivity contribution is 7.17. The van der Waals surface area contributed by atoms with Gasteiger partial charge in [0.15, 0.2) is 0 Å². The number of aliphatic carboxylic acids is 1. The number of carboxylic acid groups (broad SMARTS) is 1. The van der Waals surface area contributed by atoms with Gasteiger partial charge in [0.25, 0.3) is 0 Å². The van der Waals surface area contributed by atoms with Gasteiger partial charge < -0.3 is 19.9 Å². The van der Waals surface area contributed by atoms with Crippen LogP contribution in [0.2, 0.25) is 0 Å². The van der Waals surface area contributed by atoms with Gasteiger partial charge >= 0.3 is 5.97 Å². The van der Waals surface area contributed by atoms with E-state index in [2.05, 4.69) is 38.9 Å². The molecule has 0 atom stereocenters. The first-order chi connectivity index (χ1) is 16.6. The first-order valence-electron chi connectivity index (χ1n) is 11.1. The molecule has 4 aromatic rings. The van der Waals surface area contributed by atoms with Gasteiger partial charge in [-0.15, -0.1) is 11.3 Å². The summed E-state index contributed by atoms with van der Waals surface area (Å²) in [6.45, 7) is 3.22. The lowest BCUT2D eigenvalue weighted by Crippen LogP contribution is -2.08. The lowest BCUT2D eigenvalue weighted by Gasteiger charge is -2.13. The normalized spacial score (nSPS) is 10.9. The second-order valence-corrected chi connectivity index (χ2v) is 8.78. The minimum absolute atomic E-state index is 0.0868. The summed E-state index contributed by atoms with van der Waals surface area (Å²) in [6.07, 6.45) is 3.06. The van der Waals surface area contributed by atoms with Gasteiger partial charge in [-0.2, -0.15) is 0 Å². The number of carbonyl (C=O) groups is 1. The quantitative estimate of drug-likeness (QED) is 0.297. The smallest absolute Gasteiger partial charge is 0.307 e. The predicted octanol–water partition coefficient (Wildman–Crippen LogP) is 5.44. The number of carboxylic acids is 1. The predicted molar refractivity (Wildman–Crippen MR) is 135 cm³/mol. The minimum Gasteiger partial charge on any atom is -0.496 e. The molecule has 0 spiro atoms. The molecule has 0 radical (unpaired) electrons. The van der Waals surface area contributed by atoms with E-state index in [9.17, 15) is 9.90 Å². The Hall–Kier alpha value is -3.65. The average molecular weight is 478 g/mol. The molecule has 0 amide bonds. The molecule has 7 nitrogen and oxygen atoms in total. The maximum absolute atomic E-state index is 11.2. The number of ether oxygens (including phenoxy) is 2. The second kappa shape index (κ2) is 11.0. The van der Waals surface area contributed by atoms with Crippen LogP contribution in [0, 0.1) is 0 Å². The zero-order valence-corrected chi connectivity index (χ0v) is 20.0. The molecule has 8 heteroatoms. The Kier molecular flexibility index (Phi) is 7.59. The monoisotopic (exact) mass is 477 g/mol. The van der Waals surface area contributed by atoms with E-state index in [0.717, 1.165) is 35.4 Å². The van der Waals surface area contributed by atoms with E-state index in [1.165, 1.54) is 16.4 Å². The number of methoxy groups -OCH3 is 1. The standard InChI is InChI=1S/C26H27N3O4S/c1-3-9-33-23-12-17(4-5-18(23)13-26(30)31)21-14-25(29-16-28-21)27-8-6-19-11-20-7-10-34-24(20)15-22(19)32-2/h4-5,7,10-12,14-16H,3,6,8-9,13H2,1-2H3,(H,30,31)(H,27,28,29). The Labute approximate surface area is 202 Å². The fourth-order valence-electron chi connectivity index (χ4n) is 3.73. The van der Waals surface area contributed by atoms with Crippen LogP contribution in [0.3, 0.4) is 0 Å². The fourth-order valence-corrected chi connectivity index (χ4v) is 4.53. The molecule has 0 aliphatic heterocycles. The number of nitrogens with zero attached hydrogens (tertiary/aromatic N) is 2. The van der Waals surface area contributed by atoms with Crippen LogP contribution in [0.1, 0.15) is 24.5 Å². The molecule has 4 rings (SSSR count). The van der Waals surface area contributed by atoms with Gasteiger partial charge in [-0.1, -0.05) is 19.1 Å². The molecular formula is C26H27N3O4S. The van der Waals surface area contributed by atoms with Gasteiger partial charge in [0.05, 0.1) is 25.8 Å². The van der Waals surface area contributed by atoms with Crippen molar-refractivity contribution in [3.63, 3.8) is 0 Å². The van der Waals surface area contributed by atoms with Gasteiger partial charge in [-0.05, 0) is 53.4 Å². The maximum atomic E-state index is 11.2. The van der Waals surface area contributed by atoms with Crippen molar-refractivity contribution in [2.45, 2.75) is 26.2 Å². The number of hydrogen-bond donors (Lipinski definition) is 2. The van der Waals surface area contributed by atoms with Crippen molar-refractivity contribution >= 4 is 33.2 Å². The Bertz CT molecular complexity index is 1290. The van der Waals surface area contributed by atoms with E-state index < -0.39 is 5.97 Å². The van der Waals surface area contributed by atoms with E-state index in [4.69, 9.17) is 9.47 Å². The summed E-state index contributed by atoms with van der Waals surface area (Å²) in [5.41, 5.74) is 3.36. The van der Waals surface area contributed by atoms with E-state index in [0.29, 0.717) is 30.3 Å². The summed E-state index contributed by atoms with van der Waals surface area (Å²) in [4.78, 5) is 19.9. The fraction of sp³-hybridized carbons (Fsp3) is 0.269. The zero-order valence-electron chi connectivity index (χ0n) is 19.2. The lowest BCUT2D eigenvalue weighted by molar-refractivity contribution is -0.136. The summed E-state index contributed by atoms with van der Waals surface area (Å²) in [6, 6.07) is 13.8. The summed E-state index contributed by atoms with van der Waals surface area (Å²) in [7, 11) is 1.70. The molecule has 2 N–H and O–H groups in total. The first kappa shape index (κ1) is 23.5. The molecule has 0 fully saturated rings. The number of hydrogen-bond acceptors (Lipinski definition) is 7. The van der Waals surface area contributed by atoms with Crippen LogP contribution in [0.5, 0.6) is 11.5 Å². The van der Waals surface area contributed by atoms with Crippen LogP contribution >= 0.6 is 11.3 Å². The van der Waals surface area contributed by atoms with Crippen LogP contribution in [0.4, 0.5) is 5.82 Å². The highest BCUT2D eigenvalue weighted by atomic mass is 32.1. The minimum atomic E-state index is -0.891. The van der Waals surface area contributed by atoms with Crippen molar-refractivity contribution in [2.24, 2.45) is 0 Å². The summed E-state index contributed by atoms with van der Waals surface area (Å²) < 4.78 is 12.6. The van der Waals surface area contributed by atoms with Gasteiger partial charge in [0, 0.05) is 28.4 Å². The summed E-state index contributed by atoms with van der Waals surface area (Å²) in [5, 5.41) is 15.9. The third-order valence-corrected chi connectivity index (χ3v) is 6.27. The van der Waals surface area contributed by atoms with Crippen LogP contribution in [0.25, 0.3) is 21.3 Å². The van der Waals surface area contributed by atoms with Crippen molar-refractivity contribution < 1.29 is 19.4 Å². The Balaban J connectivity index is 1.48. The van der Waals surface area contributed by atoms with Gasteiger partial charge in [0.2, 0.25) is 0 Å². The van der Waals surface area contributed by atoms with Crippen molar-refractivity contribution in [1.82, 2.24) is 9.97 Å². The van der Waals surface area contributed by atoms with Crippen molar-refractivity contribution in [3.8, 4) is 22.8 Å². The number of aromatic nitrogens is 2. The number of thiophene rings is 1. The molecule has 2 aromatic carbocycles. The van der Waals surface area contributed by atoms with Gasteiger partial charge in [0.1, 0.15) is 23.6 Å². The Morgan fingerprint density at radius 1 is 1.09 bits per heavy atom. The van der Waals surface area contributed by atoms with E-state index in [1.807, 2.05) is 25.1 Å². The molecule has 0 aliphatic rings. The number of nitrogens with one attached hydrogen (secondary N) is 1. The molecule has 0 bridgehead atoms. The lowest BCUT2D eigenvalue weighted by atomic mass is 10.0. The van der Waals surface area contributed by atoms with Crippen molar-refractivity contribution in [3.05, 3.63) is 65.3 Å². The molecule has 0 saturated carbocycles. The second-order valence-electron chi connectivity index (χ2n) is 7.83. The number of rotatable bonds is 11. The summed E-state index contributed by atoms with van der Waals surface area (Å²) in [5.74, 6) is 1.29. The molecular weight excluding hydrogens is 450 g/mol.